The van der Waals surface area contributed by atoms with Crippen molar-refractivity contribution in [3.8, 4) is 0 Å². The molecule has 2 aliphatic rings. The smallest absolute Gasteiger partial charge is 0.356 e. The minimum Gasteiger partial charge on any atom is -0.449 e. The predicted molar refractivity (Wildman–Crippen MR) is 192 cm³/mol. The Bertz CT molecular complexity index is 1930. The van der Waals surface area contributed by atoms with Gasteiger partial charge in [-0.2, -0.15) is 0 Å². The summed E-state index contributed by atoms with van der Waals surface area (Å²) in [5.74, 6) is -2.32. The number of β-lactam (4-membered cyclic amide) rings is 1. The van der Waals surface area contributed by atoms with Gasteiger partial charge in [-0.05, 0) is 33.7 Å². The van der Waals surface area contributed by atoms with Crippen molar-refractivity contribution in [3.05, 3.63) is 177 Å². The van der Waals surface area contributed by atoms with Gasteiger partial charge in [-0.25, -0.2) is 9.59 Å². The summed E-state index contributed by atoms with van der Waals surface area (Å²) in [5.41, 5.74) is 2.79. The maximum Gasteiger partial charge on any atom is 0.356 e. The van der Waals surface area contributed by atoms with Crippen molar-refractivity contribution in [1.29, 1.82) is 0 Å². The van der Waals surface area contributed by atoms with Gasteiger partial charge in [0.1, 0.15) is 17.1 Å². The molecule has 4 aromatic carbocycles. The zero-order valence-corrected chi connectivity index (χ0v) is 28.3. The number of carbonyl (C=O) groups is 4. The van der Waals surface area contributed by atoms with Gasteiger partial charge in [0.15, 0.2) is 12.2 Å². The number of carbonyl (C=O) groups excluding carboxylic acids is 4. The van der Waals surface area contributed by atoms with Crippen molar-refractivity contribution < 1.29 is 28.7 Å². The Hall–Kier alpha value is -5.45. The van der Waals surface area contributed by atoms with Gasteiger partial charge in [0.05, 0.1) is 12.0 Å². The first-order chi connectivity index (χ1) is 24.5. The second-order valence-corrected chi connectivity index (χ2v) is 13.9. The van der Waals surface area contributed by atoms with E-state index in [9.17, 15) is 19.2 Å². The molecule has 1 N–H and O–H groups in total. The Morgan fingerprint density at radius 1 is 0.680 bits per heavy atom. The lowest BCUT2D eigenvalue weighted by Crippen LogP contribution is -2.71. The Labute approximate surface area is 297 Å². The van der Waals surface area contributed by atoms with Crippen molar-refractivity contribution in [3.63, 3.8) is 0 Å². The Balaban J connectivity index is 1.23. The van der Waals surface area contributed by atoms with E-state index < -0.39 is 41.5 Å². The number of ether oxygens (including phenoxy) is 2. The molecule has 1 unspecified atom stereocenters. The quantitative estimate of drug-likeness (QED) is 0.122. The van der Waals surface area contributed by atoms with E-state index in [4.69, 9.17) is 9.47 Å². The van der Waals surface area contributed by atoms with Gasteiger partial charge in [-0.3, -0.25) is 14.5 Å². The first-order valence-corrected chi connectivity index (χ1v) is 18.0. The van der Waals surface area contributed by atoms with Crippen LogP contribution in [0, 0.1) is 0 Å². The number of nitrogens with zero attached hydrogens (tertiary/aromatic N) is 1. The van der Waals surface area contributed by atoms with E-state index in [0.29, 0.717) is 0 Å². The van der Waals surface area contributed by atoms with Crippen LogP contribution >= 0.6 is 23.1 Å². The number of hydrogen-bond acceptors (Lipinski definition) is 8. The van der Waals surface area contributed by atoms with Crippen LogP contribution in [0.4, 0.5) is 0 Å². The molecule has 0 spiro atoms. The number of fused-ring (bicyclic) bond motifs is 1. The lowest BCUT2D eigenvalue weighted by Gasteiger charge is -2.49. The molecule has 5 aromatic rings. The third-order valence-electron chi connectivity index (χ3n) is 8.50. The lowest BCUT2D eigenvalue weighted by molar-refractivity contribution is -0.155. The van der Waals surface area contributed by atoms with Crippen LogP contribution in [0.3, 0.4) is 0 Å². The van der Waals surface area contributed by atoms with Crippen LogP contribution in [-0.4, -0.2) is 45.8 Å². The summed E-state index contributed by atoms with van der Waals surface area (Å²) in [6.45, 7) is 0. The Kier molecular flexibility index (Phi) is 9.91. The topological polar surface area (TPSA) is 102 Å². The van der Waals surface area contributed by atoms with Gasteiger partial charge in [0.25, 0.3) is 5.91 Å². The summed E-state index contributed by atoms with van der Waals surface area (Å²) >= 11 is 2.75. The van der Waals surface area contributed by atoms with Crippen LogP contribution in [0.5, 0.6) is 0 Å². The van der Waals surface area contributed by atoms with Gasteiger partial charge in [0.2, 0.25) is 5.91 Å². The molecule has 2 amide bonds. The number of rotatable bonds is 11. The number of thioether (sulfide) groups is 1. The number of esters is 2. The monoisotopic (exact) mass is 700 g/mol. The standard InChI is InChI=1S/C40H32N2O6S2/c43-32(24-30-22-13-23-49-30)41-33-37(44)42-34(40(46)48-36(28-18-9-3-10-19-28)29-20-11-4-12-21-29)31(25-50-38(33)42)39(45)47-35(26-14-5-1-6-15-26)27-16-7-2-8-17-27/h1-23,33,35-36,38H,24-25H2,(H,41,43)/t33?,38-/m1/s1. The molecule has 7 rings (SSSR count). The fourth-order valence-electron chi connectivity index (χ4n) is 6.07. The normalized spacial score (nSPS) is 16.8. The first-order valence-electron chi connectivity index (χ1n) is 16.1. The van der Waals surface area contributed by atoms with Gasteiger partial charge in [-0.15, -0.1) is 23.1 Å². The fraction of sp³-hybridized carbons (Fsp3) is 0.150. The number of hydrogen-bond donors (Lipinski definition) is 1. The SMILES string of the molecule is O=C(Cc1cccs1)NC1C(=O)N2C(C(=O)OC(c3ccccc3)c3ccccc3)=C(C(=O)OC(c3ccccc3)c3ccccc3)CS[C@H]12. The average Bonchev–Trinajstić information content (AvgIpc) is 3.68. The molecule has 2 aliphatic heterocycles. The van der Waals surface area contributed by atoms with Gasteiger partial charge in [0, 0.05) is 10.6 Å². The average molecular weight is 701 g/mol. The van der Waals surface area contributed by atoms with Crippen LogP contribution in [-0.2, 0) is 35.1 Å². The van der Waals surface area contributed by atoms with Crippen molar-refractivity contribution in [2.75, 3.05) is 5.75 Å². The van der Waals surface area contributed by atoms with Crippen LogP contribution in [0.15, 0.2) is 150 Å². The molecule has 50 heavy (non-hydrogen) atoms. The molecule has 250 valence electrons. The largest absolute Gasteiger partial charge is 0.449 e. The van der Waals surface area contributed by atoms with E-state index in [2.05, 4.69) is 5.32 Å². The zero-order valence-electron chi connectivity index (χ0n) is 26.7. The minimum absolute atomic E-state index is 0.0182. The summed E-state index contributed by atoms with van der Waals surface area (Å²) < 4.78 is 12.4. The summed E-state index contributed by atoms with van der Waals surface area (Å²) in [7, 11) is 0. The number of thiophene rings is 1. The maximum absolute atomic E-state index is 14.4. The molecule has 1 fully saturated rings. The van der Waals surface area contributed by atoms with E-state index >= 15 is 0 Å². The molecule has 0 saturated carbocycles. The van der Waals surface area contributed by atoms with Crippen molar-refractivity contribution in [1.82, 2.24) is 10.2 Å². The van der Waals surface area contributed by atoms with E-state index in [0.717, 1.165) is 27.1 Å². The second-order valence-electron chi connectivity index (χ2n) is 11.8. The molecule has 8 nitrogen and oxygen atoms in total. The molecule has 1 aromatic heterocycles. The Morgan fingerprint density at radius 3 is 1.62 bits per heavy atom. The van der Waals surface area contributed by atoms with Crippen molar-refractivity contribution in [2.45, 2.75) is 30.0 Å². The number of amides is 2. The molecular weight excluding hydrogens is 669 g/mol. The van der Waals surface area contributed by atoms with Crippen molar-refractivity contribution >= 4 is 46.9 Å². The minimum atomic E-state index is -0.867. The summed E-state index contributed by atoms with van der Waals surface area (Å²) in [6.07, 6.45) is -1.45. The summed E-state index contributed by atoms with van der Waals surface area (Å²) in [4.78, 5) is 57.5. The molecule has 10 heteroatoms. The lowest BCUT2D eigenvalue weighted by atomic mass is 10.00. The van der Waals surface area contributed by atoms with Crippen LogP contribution in [0.2, 0.25) is 0 Å². The molecule has 2 atom stereocenters. The molecular formula is C40H32N2O6S2. The van der Waals surface area contributed by atoms with E-state index in [1.165, 1.54) is 28.0 Å². The highest BCUT2D eigenvalue weighted by atomic mass is 32.2. The van der Waals surface area contributed by atoms with Gasteiger partial charge < -0.3 is 14.8 Å². The third kappa shape index (κ3) is 6.99. The Morgan fingerprint density at radius 2 is 1.16 bits per heavy atom. The molecule has 0 radical (unpaired) electrons. The molecule has 1 saturated heterocycles. The fourth-order valence-corrected chi connectivity index (χ4v) is 8.10. The van der Waals surface area contributed by atoms with Crippen LogP contribution in [0.1, 0.15) is 39.3 Å². The number of benzene rings is 4. The highest BCUT2D eigenvalue weighted by Gasteiger charge is 2.55. The highest BCUT2D eigenvalue weighted by Crippen LogP contribution is 2.42. The molecule has 0 bridgehead atoms. The summed E-state index contributed by atoms with van der Waals surface area (Å²) in [6, 6.07) is 40.1. The maximum atomic E-state index is 14.4. The predicted octanol–water partition coefficient (Wildman–Crippen LogP) is 6.61. The summed E-state index contributed by atoms with van der Waals surface area (Å²) in [5, 5.41) is 4.11. The second kappa shape index (κ2) is 15.0. The molecule has 3 heterocycles. The van der Waals surface area contributed by atoms with Crippen LogP contribution in [0.25, 0.3) is 0 Å². The van der Waals surface area contributed by atoms with E-state index in [1.807, 2.05) is 139 Å². The first kappa shape index (κ1) is 33.1. The number of nitrogens with one attached hydrogen (secondary N) is 1. The molecule has 0 aliphatic carbocycles. The third-order valence-corrected chi connectivity index (χ3v) is 10.7. The van der Waals surface area contributed by atoms with Gasteiger partial charge in [-0.1, -0.05) is 127 Å². The van der Waals surface area contributed by atoms with Crippen LogP contribution < -0.4 is 5.32 Å². The van der Waals surface area contributed by atoms with Crippen molar-refractivity contribution in [2.24, 2.45) is 0 Å². The van der Waals surface area contributed by atoms with E-state index in [-0.39, 0.29) is 29.4 Å². The van der Waals surface area contributed by atoms with Gasteiger partial charge >= 0.3 is 11.9 Å². The highest BCUT2D eigenvalue weighted by molar-refractivity contribution is 8.00. The van der Waals surface area contributed by atoms with E-state index in [1.54, 1.807) is 0 Å². The zero-order chi connectivity index (χ0) is 34.5.